The van der Waals surface area contributed by atoms with E-state index in [4.69, 9.17) is 4.74 Å². The van der Waals surface area contributed by atoms with Gasteiger partial charge in [-0.25, -0.2) is 8.42 Å². The summed E-state index contributed by atoms with van der Waals surface area (Å²) in [5.74, 6) is 0.686. The number of hydrogen-bond acceptors (Lipinski definition) is 4. The van der Waals surface area contributed by atoms with Crippen LogP contribution in [0.5, 0.6) is 5.75 Å². The van der Waals surface area contributed by atoms with E-state index >= 15 is 0 Å². The monoisotopic (exact) mass is 354 g/mol. The predicted molar refractivity (Wildman–Crippen MR) is 92.4 cm³/mol. The molecule has 6 nitrogen and oxygen atoms in total. The minimum atomic E-state index is -3.51. The third-order valence-electron chi connectivity index (χ3n) is 4.58. The van der Waals surface area contributed by atoms with Gasteiger partial charge in [-0.05, 0) is 51.0 Å². The first kappa shape index (κ1) is 18.7. The van der Waals surface area contributed by atoms with Crippen LogP contribution in [0.4, 0.5) is 0 Å². The van der Waals surface area contributed by atoms with E-state index in [-0.39, 0.29) is 16.7 Å². The van der Waals surface area contributed by atoms with E-state index < -0.39 is 10.0 Å². The molecule has 0 unspecified atom stereocenters. The van der Waals surface area contributed by atoms with Crippen LogP contribution in [-0.4, -0.2) is 56.8 Å². The number of sulfonamides is 1. The molecule has 0 bridgehead atoms. The van der Waals surface area contributed by atoms with Crippen LogP contribution in [0.2, 0.25) is 0 Å². The van der Waals surface area contributed by atoms with Gasteiger partial charge >= 0.3 is 0 Å². The Bertz CT molecular complexity index is 646. The van der Waals surface area contributed by atoms with Crippen LogP contribution in [0, 0.1) is 5.92 Å². The van der Waals surface area contributed by atoms with Crippen LogP contribution in [0.1, 0.15) is 26.7 Å². The lowest BCUT2D eigenvalue weighted by molar-refractivity contribution is -0.136. The van der Waals surface area contributed by atoms with Crippen LogP contribution in [0.25, 0.3) is 0 Å². The summed E-state index contributed by atoms with van der Waals surface area (Å²) in [6.07, 6.45) is 1.15. The van der Waals surface area contributed by atoms with Crippen LogP contribution in [-0.2, 0) is 14.8 Å². The lowest BCUT2D eigenvalue weighted by Crippen LogP contribution is -2.44. The summed E-state index contributed by atoms with van der Waals surface area (Å²) in [7, 11) is -1.97. The number of benzene rings is 1. The first-order valence-electron chi connectivity index (χ1n) is 8.37. The average molecular weight is 354 g/mol. The number of carbonyl (C=O) groups is 1. The molecule has 134 valence electrons. The maximum absolute atomic E-state index is 12.7. The van der Waals surface area contributed by atoms with E-state index in [0.717, 1.165) is 0 Å². The summed E-state index contributed by atoms with van der Waals surface area (Å²) < 4.78 is 31.9. The summed E-state index contributed by atoms with van der Waals surface area (Å²) in [6.45, 7) is 6.08. The summed E-state index contributed by atoms with van der Waals surface area (Å²) in [5.41, 5.74) is 0. The van der Waals surface area contributed by atoms with Crippen molar-refractivity contribution in [3.05, 3.63) is 24.3 Å². The minimum Gasteiger partial charge on any atom is -0.497 e. The molecular formula is C17H26N2O4S. The van der Waals surface area contributed by atoms with Crippen molar-refractivity contribution >= 4 is 15.9 Å². The Morgan fingerprint density at radius 3 is 2.17 bits per heavy atom. The normalized spacial score (nSPS) is 16.8. The van der Waals surface area contributed by atoms with Crippen molar-refractivity contribution < 1.29 is 17.9 Å². The van der Waals surface area contributed by atoms with Crippen molar-refractivity contribution in [2.75, 3.05) is 33.3 Å². The van der Waals surface area contributed by atoms with Gasteiger partial charge in [-0.15, -0.1) is 0 Å². The van der Waals surface area contributed by atoms with Gasteiger partial charge in [0.25, 0.3) is 0 Å². The van der Waals surface area contributed by atoms with Crippen LogP contribution in [0.15, 0.2) is 29.2 Å². The van der Waals surface area contributed by atoms with Crippen LogP contribution in [0.3, 0.4) is 0 Å². The summed E-state index contributed by atoms with van der Waals surface area (Å²) in [6, 6.07) is 6.40. The molecule has 1 amide bonds. The molecule has 1 aromatic rings. The van der Waals surface area contributed by atoms with Gasteiger partial charge in [0.15, 0.2) is 0 Å². The molecule has 0 radical (unpaired) electrons. The van der Waals surface area contributed by atoms with Crippen molar-refractivity contribution in [3.8, 4) is 5.75 Å². The molecule has 0 aliphatic carbocycles. The number of ether oxygens (including phenoxy) is 1. The molecule has 0 aromatic heterocycles. The molecule has 0 atom stereocenters. The van der Waals surface area contributed by atoms with Crippen molar-refractivity contribution in [2.24, 2.45) is 5.92 Å². The minimum absolute atomic E-state index is 0.0767. The predicted octanol–water partition coefficient (Wildman–Crippen LogP) is 1.96. The van der Waals surface area contributed by atoms with Gasteiger partial charge in [0.05, 0.1) is 12.0 Å². The van der Waals surface area contributed by atoms with Gasteiger partial charge in [0.1, 0.15) is 5.75 Å². The Morgan fingerprint density at radius 2 is 1.71 bits per heavy atom. The third kappa shape index (κ3) is 3.89. The van der Waals surface area contributed by atoms with Gasteiger partial charge in [-0.2, -0.15) is 4.31 Å². The third-order valence-corrected chi connectivity index (χ3v) is 6.49. The fourth-order valence-corrected chi connectivity index (χ4v) is 4.50. The van der Waals surface area contributed by atoms with Crippen molar-refractivity contribution in [3.63, 3.8) is 0 Å². The second-order valence-electron chi connectivity index (χ2n) is 5.86. The Morgan fingerprint density at radius 1 is 1.17 bits per heavy atom. The molecule has 1 saturated heterocycles. The summed E-state index contributed by atoms with van der Waals surface area (Å²) in [4.78, 5) is 14.5. The Labute approximate surface area is 144 Å². The van der Waals surface area contributed by atoms with Crippen molar-refractivity contribution in [1.82, 2.24) is 9.21 Å². The number of amides is 1. The first-order chi connectivity index (χ1) is 11.4. The highest BCUT2D eigenvalue weighted by Crippen LogP contribution is 2.26. The molecule has 7 heteroatoms. The second-order valence-corrected chi connectivity index (χ2v) is 7.80. The zero-order chi connectivity index (χ0) is 17.7. The zero-order valence-corrected chi connectivity index (χ0v) is 15.4. The van der Waals surface area contributed by atoms with E-state index in [1.54, 1.807) is 31.4 Å². The largest absolute Gasteiger partial charge is 0.497 e. The highest BCUT2D eigenvalue weighted by molar-refractivity contribution is 7.89. The van der Waals surface area contributed by atoms with Crippen molar-refractivity contribution in [1.29, 1.82) is 0 Å². The quantitative estimate of drug-likeness (QED) is 0.783. The summed E-state index contributed by atoms with van der Waals surface area (Å²) >= 11 is 0. The van der Waals surface area contributed by atoms with E-state index in [1.807, 2.05) is 18.7 Å². The highest BCUT2D eigenvalue weighted by atomic mass is 32.2. The fraction of sp³-hybridized carbons (Fsp3) is 0.588. The zero-order valence-electron chi connectivity index (χ0n) is 14.6. The van der Waals surface area contributed by atoms with E-state index in [0.29, 0.717) is 44.8 Å². The number of methoxy groups -OCH3 is 1. The molecular weight excluding hydrogens is 328 g/mol. The molecule has 1 heterocycles. The van der Waals surface area contributed by atoms with Gasteiger partial charge < -0.3 is 9.64 Å². The lowest BCUT2D eigenvalue weighted by atomic mass is 9.96. The smallest absolute Gasteiger partial charge is 0.243 e. The maximum atomic E-state index is 12.7. The topological polar surface area (TPSA) is 66.9 Å². The first-order valence-corrected chi connectivity index (χ1v) is 9.81. The average Bonchev–Trinajstić information content (AvgIpc) is 2.62. The standard InChI is InChI=1S/C17H26N2O4S/c1-4-18(5-2)17(20)14-10-12-19(13-11-14)24(21,22)16-8-6-15(23-3)7-9-16/h6-9,14H,4-5,10-13H2,1-3H3. The molecule has 1 aliphatic heterocycles. The number of nitrogens with zero attached hydrogens (tertiary/aromatic N) is 2. The van der Waals surface area contributed by atoms with E-state index in [9.17, 15) is 13.2 Å². The lowest BCUT2D eigenvalue weighted by Gasteiger charge is -2.33. The van der Waals surface area contributed by atoms with Gasteiger partial charge in [-0.1, -0.05) is 0 Å². The molecule has 1 aliphatic rings. The van der Waals surface area contributed by atoms with Gasteiger partial charge in [0.2, 0.25) is 15.9 Å². The second kappa shape index (κ2) is 7.98. The molecule has 24 heavy (non-hydrogen) atoms. The number of carbonyl (C=O) groups excluding carboxylic acids is 1. The van der Waals surface area contributed by atoms with Crippen molar-refractivity contribution in [2.45, 2.75) is 31.6 Å². The summed E-state index contributed by atoms with van der Waals surface area (Å²) in [5, 5.41) is 0. The van der Waals surface area contributed by atoms with E-state index in [1.165, 1.54) is 4.31 Å². The number of piperidine rings is 1. The Kier molecular flexibility index (Phi) is 6.23. The maximum Gasteiger partial charge on any atom is 0.243 e. The van der Waals surface area contributed by atoms with Crippen LogP contribution >= 0.6 is 0 Å². The molecule has 0 spiro atoms. The van der Waals surface area contributed by atoms with Crippen LogP contribution < -0.4 is 4.74 Å². The highest BCUT2D eigenvalue weighted by Gasteiger charge is 2.33. The number of hydrogen-bond donors (Lipinski definition) is 0. The van der Waals surface area contributed by atoms with Gasteiger partial charge in [0, 0.05) is 32.1 Å². The number of rotatable bonds is 6. The van der Waals surface area contributed by atoms with E-state index in [2.05, 4.69) is 0 Å². The molecule has 1 fully saturated rings. The molecule has 1 aromatic carbocycles. The Balaban J connectivity index is 2.03. The fourth-order valence-electron chi connectivity index (χ4n) is 3.03. The molecule has 0 saturated carbocycles. The molecule has 0 N–H and O–H groups in total. The molecule has 2 rings (SSSR count). The SMILES string of the molecule is CCN(CC)C(=O)C1CCN(S(=O)(=O)c2ccc(OC)cc2)CC1. The Hall–Kier alpha value is -1.60. The van der Waals surface area contributed by atoms with Gasteiger partial charge in [-0.3, -0.25) is 4.79 Å².